The first-order chi connectivity index (χ1) is 9.87. The van der Waals surface area contributed by atoms with Gasteiger partial charge in [-0.05, 0) is 41.4 Å². The molecule has 0 spiro atoms. The zero-order valence-corrected chi connectivity index (χ0v) is 15.7. The van der Waals surface area contributed by atoms with E-state index in [2.05, 4.69) is 15.9 Å². The fourth-order valence-electron chi connectivity index (χ4n) is 1.97. The van der Waals surface area contributed by atoms with Gasteiger partial charge in [-0.3, -0.25) is 4.79 Å². The molecule has 0 aliphatic carbocycles. The average Bonchev–Trinajstić information content (AvgIpc) is 2.80. The Morgan fingerprint density at radius 1 is 1.57 bits per heavy atom. The second kappa shape index (κ2) is 6.99. The second-order valence-corrected chi connectivity index (χ2v) is 10.1. The molecule has 5 nitrogen and oxygen atoms in total. The van der Waals surface area contributed by atoms with Crippen molar-refractivity contribution in [2.24, 2.45) is 0 Å². The number of nitrogens with zero attached hydrogens (tertiary/aromatic N) is 1. The van der Waals surface area contributed by atoms with Crippen molar-refractivity contribution in [1.82, 2.24) is 4.31 Å². The summed E-state index contributed by atoms with van der Waals surface area (Å²) in [5, 5.41) is 0. The first kappa shape index (κ1) is 17.3. The van der Waals surface area contributed by atoms with Gasteiger partial charge < -0.3 is 4.74 Å². The van der Waals surface area contributed by atoms with Crippen LogP contribution in [0.4, 0.5) is 0 Å². The molecule has 0 amide bonds. The highest BCUT2D eigenvalue weighted by atomic mass is 79.9. The van der Waals surface area contributed by atoms with Crippen LogP contribution in [0.15, 0.2) is 14.1 Å². The number of ether oxygens (including phenoxy) is 1. The van der Waals surface area contributed by atoms with Gasteiger partial charge in [-0.15, -0.1) is 11.3 Å². The minimum Gasteiger partial charge on any atom is -0.465 e. The Hall–Kier alpha value is -0.0900. The number of thioether (sulfide) groups is 1. The van der Waals surface area contributed by atoms with E-state index in [4.69, 9.17) is 4.74 Å². The molecule has 0 radical (unpaired) electrons. The van der Waals surface area contributed by atoms with Crippen molar-refractivity contribution < 1.29 is 17.9 Å². The minimum atomic E-state index is -3.67. The van der Waals surface area contributed by atoms with Crippen LogP contribution in [0.3, 0.4) is 0 Å². The summed E-state index contributed by atoms with van der Waals surface area (Å²) in [4.78, 5) is 12.0. The van der Waals surface area contributed by atoms with Crippen molar-refractivity contribution in [2.75, 3.05) is 24.7 Å². The number of hydrogen-bond donors (Lipinski definition) is 0. The highest BCUT2D eigenvalue weighted by Gasteiger charge is 2.39. The van der Waals surface area contributed by atoms with Crippen LogP contribution >= 0.6 is 39.0 Å². The Balaban J connectivity index is 2.33. The smallest absolute Gasteiger partial charge is 0.325 e. The molecule has 0 bridgehead atoms. The third-order valence-corrected chi connectivity index (χ3v) is 8.55. The molecule has 1 aliphatic heterocycles. The first-order valence-electron chi connectivity index (χ1n) is 6.40. The molecule has 1 aliphatic rings. The molecule has 2 rings (SSSR count). The zero-order valence-electron chi connectivity index (χ0n) is 11.7. The summed E-state index contributed by atoms with van der Waals surface area (Å²) in [6.07, 6.45) is 0. The molecule has 0 saturated carbocycles. The van der Waals surface area contributed by atoms with Crippen molar-refractivity contribution >= 4 is 55.0 Å². The van der Waals surface area contributed by atoms with Crippen molar-refractivity contribution in [3.63, 3.8) is 0 Å². The van der Waals surface area contributed by atoms with Gasteiger partial charge in [-0.25, -0.2) is 8.42 Å². The number of carbonyl (C=O) groups excluding carboxylic acids is 1. The Kier molecular flexibility index (Phi) is 5.75. The van der Waals surface area contributed by atoms with Crippen molar-refractivity contribution in [1.29, 1.82) is 0 Å². The Bertz CT molecular complexity index is 609. The Morgan fingerprint density at radius 3 is 2.86 bits per heavy atom. The SMILES string of the molecule is CCOC(=O)C1CSCCN1S(=O)(=O)c1cc(C)c(Br)s1. The molecule has 1 unspecified atom stereocenters. The molecule has 2 heterocycles. The lowest BCUT2D eigenvalue weighted by Gasteiger charge is -2.32. The maximum absolute atomic E-state index is 12.8. The number of halogens is 1. The van der Waals surface area contributed by atoms with Crippen molar-refractivity contribution in [3.05, 3.63) is 15.4 Å². The summed E-state index contributed by atoms with van der Waals surface area (Å²) in [7, 11) is -3.67. The van der Waals surface area contributed by atoms with Crippen LogP contribution in [0, 0.1) is 6.92 Å². The van der Waals surface area contributed by atoms with E-state index >= 15 is 0 Å². The van der Waals surface area contributed by atoms with Gasteiger partial charge in [0.25, 0.3) is 10.0 Å². The van der Waals surface area contributed by atoms with E-state index in [1.165, 1.54) is 15.6 Å². The van der Waals surface area contributed by atoms with E-state index in [9.17, 15) is 13.2 Å². The lowest BCUT2D eigenvalue weighted by atomic mass is 10.3. The molecule has 1 aromatic heterocycles. The van der Waals surface area contributed by atoms with E-state index in [-0.39, 0.29) is 10.8 Å². The molecule has 0 N–H and O–H groups in total. The van der Waals surface area contributed by atoms with Gasteiger partial charge in [-0.2, -0.15) is 16.1 Å². The normalized spacial score (nSPS) is 20.4. The van der Waals surface area contributed by atoms with E-state index in [1.807, 2.05) is 6.92 Å². The maximum atomic E-state index is 12.8. The van der Waals surface area contributed by atoms with Crippen molar-refractivity contribution in [2.45, 2.75) is 24.1 Å². The molecule has 21 heavy (non-hydrogen) atoms. The fourth-order valence-corrected chi connectivity index (χ4v) is 7.15. The third kappa shape index (κ3) is 3.64. The highest BCUT2D eigenvalue weighted by molar-refractivity contribution is 9.11. The zero-order chi connectivity index (χ0) is 15.6. The van der Waals surface area contributed by atoms with Gasteiger partial charge in [-0.1, -0.05) is 0 Å². The molecular weight excluding hydrogens is 398 g/mol. The molecule has 118 valence electrons. The molecule has 1 saturated heterocycles. The monoisotopic (exact) mass is 413 g/mol. The standard InChI is InChI=1S/C12H16BrNO4S3/c1-3-18-12(15)9-7-19-5-4-14(9)21(16,17)10-6-8(2)11(13)20-10/h6,9H,3-5,7H2,1-2H3. The average molecular weight is 414 g/mol. The van der Waals surface area contributed by atoms with Gasteiger partial charge in [0, 0.05) is 18.1 Å². The van der Waals surface area contributed by atoms with Crippen LogP contribution in [0.25, 0.3) is 0 Å². The van der Waals surface area contributed by atoms with Crippen LogP contribution in [0.1, 0.15) is 12.5 Å². The van der Waals surface area contributed by atoms with E-state index in [0.29, 0.717) is 18.1 Å². The van der Waals surface area contributed by atoms with Crippen LogP contribution in [-0.2, 0) is 19.6 Å². The summed E-state index contributed by atoms with van der Waals surface area (Å²) in [5.41, 5.74) is 0.873. The summed E-state index contributed by atoms with van der Waals surface area (Å²) < 4.78 is 32.9. The van der Waals surface area contributed by atoms with Gasteiger partial charge >= 0.3 is 5.97 Å². The number of sulfonamides is 1. The maximum Gasteiger partial charge on any atom is 0.325 e. The largest absolute Gasteiger partial charge is 0.465 e. The number of thiophene rings is 1. The van der Waals surface area contributed by atoms with Gasteiger partial charge in [0.15, 0.2) is 0 Å². The molecular formula is C12H16BrNO4S3. The number of esters is 1. The summed E-state index contributed by atoms with van der Waals surface area (Å²) in [5.74, 6) is 0.644. The molecule has 9 heteroatoms. The second-order valence-electron chi connectivity index (χ2n) is 4.48. The predicted octanol–water partition coefficient (Wildman–Crippen LogP) is 2.49. The van der Waals surface area contributed by atoms with Crippen LogP contribution in [0.5, 0.6) is 0 Å². The quantitative estimate of drug-likeness (QED) is 0.709. The first-order valence-corrected chi connectivity index (χ1v) is 10.6. The fraction of sp³-hybridized carbons (Fsp3) is 0.583. The van der Waals surface area contributed by atoms with Crippen molar-refractivity contribution in [3.8, 4) is 0 Å². The third-order valence-electron chi connectivity index (χ3n) is 3.04. The Labute approximate surface area is 141 Å². The molecule has 1 aromatic rings. The summed E-state index contributed by atoms with van der Waals surface area (Å²) in [6, 6.07) is 0.892. The number of aryl methyl sites for hydroxylation is 1. The van der Waals surface area contributed by atoms with Crippen LogP contribution < -0.4 is 0 Å². The highest BCUT2D eigenvalue weighted by Crippen LogP contribution is 2.34. The predicted molar refractivity (Wildman–Crippen MR) is 88.4 cm³/mol. The van der Waals surface area contributed by atoms with Crippen LogP contribution in [0.2, 0.25) is 0 Å². The number of hydrogen-bond acceptors (Lipinski definition) is 6. The molecule has 0 aromatic carbocycles. The minimum absolute atomic E-state index is 0.248. The summed E-state index contributed by atoms with van der Waals surface area (Å²) in [6.45, 7) is 4.13. The van der Waals surface area contributed by atoms with E-state index < -0.39 is 22.0 Å². The lowest BCUT2D eigenvalue weighted by Crippen LogP contribution is -2.50. The summed E-state index contributed by atoms with van der Waals surface area (Å²) >= 11 is 6.08. The number of carbonyl (C=O) groups is 1. The van der Waals surface area contributed by atoms with Gasteiger partial charge in [0.2, 0.25) is 0 Å². The van der Waals surface area contributed by atoms with E-state index in [0.717, 1.165) is 9.35 Å². The van der Waals surface area contributed by atoms with Gasteiger partial charge in [0.05, 0.1) is 10.4 Å². The van der Waals surface area contributed by atoms with Crippen LogP contribution in [-0.4, -0.2) is 49.4 Å². The Morgan fingerprint density at radius 2 is 2.29 bits per heavy atom. The molecule has 1 atom stereocenters. The molecule has 1 fully saturated rings. The van der Waals surface area contributed by atoms with Gasteiger partial charge in [0.1, 0.15) is 10.3 Å². The lowest BCUT2D eigenvalue weighted by molar-refractivity contribution is -0.146. The number of rotatable bonds is 4. The topological polar surface area (TPSA) is 63.7 Å². The van der Waals surface area contributed by atoms with E-state index in [1.54, 1.807) is 24.8 Å².